The van der Waals surface area contributed by atoms with E-state index in [2.05, 4.69) is 5.32 Å². The minimum atomic E-state index is -0.705. The average molecular weight is 322 g/mol. The number of amides is 4. The van der Waals surface area contributed by atoms with E-state index in [1.807, 2.05) is 0 Å². The van der Waals surface area contributed by atoms with Gasteiger partial charge >= 0.3 is 6.03 Å². The lowest BCUT2D eigenvalue weighted by Crippen LogP contribution is -2.50. The molecule has 7 heteroatoms. The Bertz CT molecular complexity index is 509. The van der Waals surface area contributed by atoms with Crippen LogP contribution in [0, 0.1) is 0 Å². The first-order valence-electron chi connectivity index (χ1n) is 8.53. The lowest BCUT2D eigenvalue weighted by atomic mass is 9.81. The summed E-state index contributed by atoms with van der Waals surface area (Å²) in [4.78, 5) is 42.3. The minimum Gasteiger partial charge on any atom is -0.340 e. The average Bonchev–Trinajstić information content (AvgIpc) is 3.16. The summed E-state index contributed by atoms with van der Waals surface area (Å²) in [6, 6.07) is -0.181. The minimum absolute atomic E-state index is 0.142. The van der Waals surface area contributed by atoms with Crippen molar-refractivity contribution in [3.05, 3.63) is 0 Å². The third kappa shape index (κ3) is 2.60. The summed E-state index contributed by atoms with van der Waals surface area (Å²) < 4.78 is 0. The van der Waals surface area contributed by atoms with E-state index in [0.29, 0.717) is 12.8 Å². The number of nitrogens with one attached hydrogen (secondary N) is 1. The van der Waals surface area contributed by atoms with Gasteiger partial charge in [-0.15, -0.1) is 0 Å². The molecule has 1 atom stereocenters. The molecule has 2 saturated heterocycles. The van der Waals surface area contributed by atoms with Crippen molar-refractivity contribution in [2.24, 2.45) is 0 Å². The fourth-order valence-electron chi connectivity index (χ4n) is 4.09. The van der Waals surface area contributed by atoms with Gasteiger partial charge in [0, 0.05) is 26.7 Å². The fourth-order valence-corrected chi connectivity index (χ4v) is 4.09. The van der Waals surface area contributed by atoms with Crippen LogP contribution in [-0.4, -0.2) is 77.9 Å². The van der Waals surface area contributed by atoms with Crippen LogP contribution in [0.2, 0.25) is 0 Å². The Balaban J connectivity index is 1.71. The summed E-state index contributed by atoms with van der Waals surface area (Å²) in [7, 11) is 3.45. The van der Waals surface area contributed by atoms with Gasteiger partial charge in [-0.1, -0.05) is 19.3 Å². The van der Waals surface area contributed by atoms with Crippen molar-refractivity contribution in [3.63, 3.8) is 0 Å². The maximum absolute atomic E-state index is 12.9. The Kier molecular flexibility index (Phi) is 4.31. The molecule has 1 saturated carbocycles. The summed E-state index contributed by atoms with van der Waals surface area (Å²) in [5.41, 5.74) is -0.705. The molecule has 0 aromatic rings. The summed E-state index contributed by atoms with van der Waals surface area (Å²) in [5, 5.41) is 3.22. The Hall–Kier alpha value is -1.63. The van der Waals surface area contributed by atoms with E-state index in [-0.39, 0.29) is 30.4 Å². The van der Waals surface area contributed by atoms with Gasteiger partial charge in [0.2, 0.25) is 5.91 Å². The molecule has 128 valence electrons. The molecular formula is C16H26N4O3. The first-order chi connectivity index (χ1) is 11.0. The van der Waals surface area contributed by atoms with Crippen LogP contribution < -0.4 is 5.32 Å². The van der Waals surface area contributed by atoms with Gasteiger partial charge < -0.3 is 15.1 Å². The van der Waals surface area contributed by atoms with Gasteiger partial charge in [0.1, 0.15) is 12.1 Å². The molecule has 0 radical (unpaired) electrons. The quantitative estimate of drug-likeness (QED) is 0.764. The van der Waals surface area contributed by atoms with E-state index in [4.69, 9.17) is 0 Å². The number of rotatable bonds is 3. The summed E-state index contributed by atoms with van der Waals surface area (Å²) in [6.07, 6.45) is 5.35. The summed E-state index contributed by atoms with van der Waals surface area (Å²) in [6.45, 7) is 1.53. The second-order valence-corrected chi connectivity index (χ2v) is 6.98. The second-order valence-electron chi connectivity index (χ2n) is 6.98. The Morgan fingerprint density at radius 3 is 2.61 bits per heavy atom. The summed E-state index contributed by atoms with van der Waals surface area (Å²) >= 11 is 0. The van der Waals surface area contributed by atoms with Gasteiger partial charge in [0.15, 0.2) is 0 Å². The van der Waals surface area contributed by atoms with Crippen LogP contribution >= 0.6 is 0 Å². The van der Waals surface area contributed by atoms with Crippen LogP contribution in [0.25, 0.3) is 0 Å². The molecule has 7 nitrogen and oxygen atoms in total. The highest BCUT2D eigenvalue weighted by molar-refractivity contribution is 6.08. The van der Waals surface area contributed by atoms with Gasteiger partial charge in [0.05, 0.1) is 0 Å². The Labute approximate surface area is 137 Å². The van der Waals surface area contributed by atoms with Crippen molar-refractivity contribution in [3.8, 4) is 0 Å². The molecule has 1 unspecified atom stereocenters. The predicted molar refractivity (Wildman–Crippen MR) is 84.7 cm³/mol. The van der Waals surface area contributed by atoms with E-state index < -0.39 is 5.54 Å². The molecule has 23 heavy (non-hydrogen) atoms. The number of carbonyl (C=O) groups excluding carboxylic acids is 3. The molecule has 4 amide bonds. The van der Waals surface area contributed by atoms with Crippen LogP contribution in [0.4, 0.5) is 4.79 Å². The monoisotopic (exact) mass is 322 g/mol. The second kappa shape index (κ2) is 6.11. The largest absolute Gasteiger partial charge is 0.340 e. The van der Waals surface area contributed by atoms with E-state index in [0.717, 1.165) is 43.7 Å². The molecule has 3 aliphatic rings. The van der Waals surface area contributed by atoms with Gasteiger partial charge in [-0.3, -0.25) is 14.5 Å². The van der Waals surface area contributed by atoms with Crippen molar-refractivity contribution in [1.29, 1.82) is 0 Å². The third-order valence-electron chi connectivity index (χ3n) is 5.75. The molecule has 0 aromatic carbocycles. The molecule has 2 aliphatic heterocycles. The molecule has 1 N–H and O–H groups in total. The molecule has 3 fully saturated rings. The number of imide groups is 1. The highest BCUT2D eigenvalue weighted by Crippen LogP contribution is 2.39. The number of likely N-dealkylation sites (N-methyl/N-ethyl adjacent to an activating group) is 2. The number of hydrogen-bond acceptors (Lipinski definition) is 4. The lowest BCUT2D eigenvalue weighted by molar-refractivity contribution is -0.140. The Morgan fingerprint density at radius 1 is 1.30 bits per heavy atom. The Morgan fingerprint density at radius 2 is 2.00 bits per heavy atom. The van der Waals surface area contributed by atoms with Gasteiger partial charge in [-0.05, 0) is 25.8 Å². The van der Waals surface area contributed by atoms with E-state index in [9.17, 15) is 14.4 Å². The zero-order valence-electron chi connectivity index (χ0n) is 14.0. The molecule has 2 heterocycles. The van der Waals surface area contributed by atoms with Crippen molar-refractivity contribution >= 4 is 17.8 Å². The zero-order chi connectivity index (χ0) is 16.6. The van der Waals surface area contributed by atoms with Gasteiger partial charge in [-0.25, -0.2) is 4.79 Å². The van der Waals surface area contributed by atoms with Crippen LogP contribution in [0.5, 0.6) is 0 Å². The van der Waals surface area contributed by atoms with Crippen molar-refractivity contribution in [1.82, 2.24) is 20.0 Å². The zero-order valence-corrected chi connectivity index (χ0v) is 14.0. The number of urea groups is 1. The highest BCUT2D eigenvalue weighted by atomic mass is 16.2. The summed E-state index contributed by atoms with van der Waals surface area (Å²) in [5.74, 6) is -0.349. The molecule has 1 aliphatic carbocycles. The van der Waals surface area contributed by atoms with Crippen LogP contribution in [-0.2, 0) is 9.59 Å². The van der Waals surface area contributed by atoms with Crippen LogP contribution in [0.15, 0.2) is 0 Å². The normalized spacial score (nSPS) is 27.1. The molecule has 0 bridgehead atoms. The van der Waals surface area contributed by atoms with Crippen molar-refractivity contribution in [2.75, 3.05) is 33.7 Å². The molecule has 1 spiro atoms. The number of carbonyl (C=O) groups is 3. The standard InChI is InChI=1S/C16H26N4O3/c1-18(12-6-9-17-10-12)13(21)11-20-14(22)16(19(2)15(20)23)7-4-3-5-8-16/h12,17H,3-11H2,1-2H3. The fraction of sp³-hybridized carbons (Fsp3) is 0.812. The maximum atomic E-state index is 12.9. The molecular weight excluding hydrogens is 296 g/mol. The lowest BCUT2D eigenvalue weighted by Gasteiger charge is -2.35. The van der Waals surface area contributed by atoms with E-state index in [1.165, 1.54) is 0 Å². The number of hydrogen-bond donors (Lipinski definition) is 1. The van der Waals surface area contributed by atoms with E-state index >= 15 is 0 Å². The topological polar surface area (TPSA) is 73.0 Å². The van der Waals surface area contributed by atoms with Crippen LogP contribution in [0.3, 0.4) is 0 Å². The third-order valence-corrected chi connectivity index (χ3v) is 5.75. The van der Waals surface area contributed by atoms with Crippen molar-refractivity contribution in [2.45, 2.75) is 50.1 Å². The SMILES string of the molecule is CN(C(=O)CN1C(=O)N(C)C2(CCCCC2)C1=O)C1CCNC1. The highest BCUT2D eigenvalue weighted by Gasteiger charge is 2.56. The maximum Gasteiger partial charge on any atom is 0.327 e. The van der Waals surface area contributed by atoms with E-state index in [1.54, 1.807) is 23.9 Å². The van der Waals surface area contributed by atoms with Crippen LogP contribution in [0.1, 0.15) is 38.5 Å². The molecule has 3 rings (SSSR count). The predicted octanol–water partition coefficient (Wildman–Crippen LogP) is 0.404. The first-order valence-corrected chi connectivity index (χ1v) is 8.53. The smallest absolute Gasteiger partial charge is 0.327 e. The first kappa shape index (κ1) is 16.2. The van der Waals surface area contributed by atoms with Gasteiger partial charge in [0.25, 0.3) is 5.91 Å². The molecule has 0 aromatic heterocycles. The number of nitrogens with zero attached hydrogens (tertiary/aromatic N) is 3. The van der Waals surface area contributed by atoms with Gasteiger partial charge in [-0.2, -0.15) is 0 Å². The van der Waals surface area contributed by atoms with Crippen molar-refractivity contribution < 1.29 is 14.4 Å².